The van der Waals surface area contributed by atoms with Crippen molar-refractivity contribution in [3.63, 3.8) is 0 Å². The van der Waals surface area contributed by atoms with Gasteiger partial charge < -0.3 is 15.7 Å². The molecule has 0 saturated heterocycles. The van der Waals surface area contributed by atoms with E-state index in [2.05, 4.69) is 22.5 Å². The Hall–Kier alpha value is -3.58. The van der Waals surface area contributed by atoms with E-state index in [9.17, 15) is 31.5 Å². The number of aliphatic hydroxyl groups excluding tert-OH is 1. The van der Waals surface area contributed by atoms with Crippen LogP contribution < -0.4 is 10.6 Å². The van der Waals surface area contributed by atoms with E-state index in [1.54, 1.807) is 0 Å². The minimum atomic E-state index is -3.66. The van der Waals surface area contributed by atoms with E-state index < -0.39 is 51.1 Å². The van der Waals surface area contributed by atoms with Crippen molar-refractivity contribution < 1.29 is 31.5 Å². The SMILES string of the molecule is CCc1cccc(CNCC(O)C(Cc2cc(F)cc(F)c2)NC(=O)c2csc(CS(=O)(=O)Cc3ccc(F)cc3)n2)c1. The number of aryl methyl sites for hydroxylation is 1. The molecule has 228 valence electrons. The maximum Gasteiger partial charge on any atom is 0.271 e. The summed E-state index contributed by atoms with van der Waals surface area (Å²) in [5.74, 6) is -3.44. The zero-order chi connectivity index (χ0) is 31.0. The van der Waals surface area contributed by atoms with Gasteiger partial charge in [-0.1, -0.05) is 43.3 Å². The molecule has 0 aliphatic heterocycles. The predicted octanol–water partition coefficient (Wildman–Crippen LogP) is 4.73. The third-order valence-electron chi connectivity index (χ3n) is 6.67. The number of carbonyl (C=O) groups excluding carboxylic acids is 1. The van der Waals surface area contributed by atoms with Gasteiger partial charge in [0.1, 0.15) is 33.9 Å². The quantitative estimate of drug-likeness (QED) is 0.186. The summed E-state index contributed by atoms with van der Waals surface area (Å²) in [5.41, 5.74) is 2.80. The van der Waals surface area contributed by atoms with E-state index >= 15 is 0 Å². The summed E-state index contributed by atoms with van der Waals surface area (Å²) in [6.45, 7) is 2.59. The Labute approximate surface area is 252 Å². The Morgan fingerprint density at radius 3 is 2.30 bits per heavy atom. The molecule has 3 aromatic carbocycles. The molecule has 0 saturated carbocycles. The summed E-state index contributed by atoms with van der Waals surface area (Å²) >= 11 is 0.990. The van der Waals surface area contributed by atoms with Crippen LogP contribution in [0.25, 0.3) is 0 Å². The maximum absolute atomic E-state index is 13.9. The van der Waals surface area contributed by atoms with Crippen LogP contribution in [0.1, 0.15) is 44.7 Å². The molecule has 1 heterocycles. The summed E-state index contributed by atoms with van der Waals surface area (Å²) < 4.78 is 66.2. The first-order valence-corrected chi connectivity index (χ1v) is 16.3. The molecular formula is C31H32F3N3O4S2. The maximum atomic E-state index is 13.9. The second kappa shape index (κ2) is 14.7. The Morgan fingerprint density at radius 1 is 0.907 bits per heavy atom. The number of carbonyl (C=O) groups is 1. The van der Waals surface area contributed by atoms with Gasteiger partial charge in [-0.25, -0.2) is 26.6 Å². The number of amides is 1. The van der Waals surface area contributed by atoms with Crippen molar-refractivity contribution in [1.29, 1.82) is 0 Å². The van der Waals surface area contributed by atoms with E-state index in [1.807, 2.05) is 24.3 Å². The summed E-state index contributed by atoms with van der Waals surface area (Å²) in [7, 11) is -3.66. The highest BCUT2D eigenvalue weighted by molar-refractivity contribution is 7.89. The molecule has 7 nitrogen and oxygen atoms in total. The fourth-order valence-corrected chi connectivity index (χ4v) is 7.14. The molecule has 1 aromatic heterocycles. The number of benzene rings is 3. The third kappa shape index (κ3) is 9.99. The van der Waals surface area contributed by atoms with Crippen molar-refractivity contribution in [2.75, 3.05) is 6.54 Å². The average molecular weight is 632 g/mol. The van der Waals surface area contributed by atoms with Gasteiger partial charge in [0.15, 0.2) is 9.84 Å². The molecule has 0 fully saturated rings. The second-order valence-electron chi connectivity index (χ2n) is 10.2. The van der Waals surface area contributed by atoms with Gasteiger partial charge in [-0.2, -0.15) is 0 Å². The first-order chi connectivity index (χ1) is 20.5. The Bertz CT molecular complexity index is 1630. The molecule has 1 amide bonds. The van der Waals surface area contributed by atoms with Crippen molar-refractivity contribution in [2.45, 2.75) is 50.0 Å². The van der Waals surface area contributed by atoms with Gasteiger partial charge in [0.25, 0.3) is 5.91 Å². The first kappa shape index (κ1) is 32.3. The van der Waals surface area contributed by atoms with Crippen LogP contribution in [0, 0.1) is 17.5 Å². The number of thiazole rings is 1. The van der Waals surface area contributed by atoms with E-state index in [1.165, 1.54) is 35.2 Å². The topological polar surface area (TPSA) is 108 Å². The molecule has 4 rings (SSSR count). The number of hydrogen-bond acceptors (Lipinski definition) is 7. The molecule has 4 aromatic rings. The lowest BCUT2D eigenvalue weighted by Gasteiger charge is -2.24. The van der Waals surface area contributed by atoms with Gasteiger partial charge in [0.2, 0.25) is 0 Å². The summed E-state index contributed by atoms with van der Waals surface area (Å²) in [5, 5.41) is 18.5. The van der Waals surface area contributed by atoms with Crippen LogP contribution in [0.5, 0.6) is 0 Å². The van der Waals surface area contributed by atoms with Crippen LogP contribution >= 0.6 is 11.3 Å². The summed E-state index contributed by atoms with van der Waals surface area (Å²) in [4.78, 5) is 17.3. The van der Waals surface area contributed by atoms with E-state index in [0.29, 0.717) is 12.1 Å². The fraction of sp³-hybridized carbons (Fsp3) is 0.290. The minimum absolute atomic E-state index is 0.0519. The van der Waals surface area contributed by atoms with Gasteiger partial charge >= 0.3 is 0 Å². The van der Waals surface area contributed by atoms with Crippen molar-refractivity contribution >= 4 is 27.1 Å². The van der Waals surface area contributed by atoms with Crippen LogP contribution in [0.4, 0.5) is 13.2 Å². The van der Waals surface area contributed by atoms with Crippen LogP contribution in [0.15, 0.2) is 72.1 Å². The molecule has 3 N–H and O–H groups in total. The van der Waals surface area contributed by atoms with E-state index in [-0.39, 0.29) is 35.0 Å². The lowest BCUT2D eigenvalue weighted by Crippen LogP contribution is -2.48. The fourth-order valence-electron chi connectivity index (χ4n) is 4.53. The number of nitrogens with one attached hydrogen (secondary N) is 2. The van der Waals surface area contributed by atoms with E-state index in [0.717, 1.165) is 41.5 Å². The Balaban J connectivity index is 1.43. The normalized spacial score (nSPS) is 13.0. The molecule has 2 atom stereocenters. The largest absolute Gasteiger partial charge is 0.390 e. The highest BCUT2D eigenvalue weighted by Gasteiger charge is 2.25. The zero-order valence-corrected chi connectivity index (χ0v) is 25.0. The number of aliphatic hydroxyl groups is 1. The average Bonchev–Trinajstić information content (AvgIpc) is 3.41. The van der Waals surface area contributed by atoms with Gasteiger partial charge in [-0.05, 0) is 59.4 Å². The highest BCUT2D eigenvalue weighted by Crippen LogP contribution is 2.18. The first-order valence-electron chi connectivity index (χ1n) is 13.6. The minimum Gasteiger partial charge on any atom is -0.390 e. The van der Waals surface area contributed by atoms with Gasteiger partial charge in [0, 0.05) is 24.5 Å². The highest BCUT2D eigenvalue weighted by atomic mass is 32.2. The number of nitrogens with zero attached hydrogens (tertiary/aromatic N) is 1. The van der Waals surface area contributed by atoms with Crippen LogP contribution in [0.2, 0.25) is 0 Å². The Kier molecular flexibility index (Phi) is 11.1. The lowest BCUT2D eigenvalue weighted by atomic mass is 10.00. The van der Waals surface area contributed by atoms with Crippen LogP contribution in [-0.2, 0) is 40.7 Å². The van der Waals surface area contributed by atoms with Gasteiger partial charge in [0.05, 0.1) is 17.9 Å². The van der Waals surface area contributed by atoms with Crippen molar-refractivity contribution in [3.05, 3.63) is 123 Å². The number of hydrogen-bond donors (Lipinski definition) is 3. The van der Waals surface area contributed by atoms with Crippen molar-refractivity contribution in [2.24, 2.45) is 0 Å². The number of aromatic nitrogens is 1. The third-order valence-corrected chi connectivity index (χ3v) is 9.19. The lowest BCUT2D eigenvalue weighted by molar-refractivity contribution is 0.0825. The smallest absolute Gasteiger partial charge is 0.271 e. The second-order valence-corrected chi connectivity index (χ2v) is 13.2. The predicted molar refractivity (Wildman–Crippen MR) is 160 cm³/mol. The number of halogens is 3. The molecule has 0 bridgehead atoms. The molecule has 12 heteroatoms. The molecule has 0 radical (unpaired) electrons. The van der Waals surface area contributed by atoms with E-state index in [4.69, 9.17) is 0 Å². The summed E-state index contributed by atoms with van der Waals surface area (Å²) in [6, 6.07) is 15.2. The monoisotopic (exact) mass is 631 g/mol. The molecule has 2 unspecified atom stereocenters. The molecule has 43 heavy (non-hydrogen) atoms. The Morgan fingerprint density at radius 2 is 1.60 bits per heavy atom. The number of rotatable bonds is 14. The molecule has 0 spiro atoms. The standard InChI is InChI=1S/C31H32F3N3O4S2/c1-2-20-4-3-5-22(10-20)15-35-16-29(38)27(13-23-11-25(33)14-26(34)12-23)37-31(39)28-17-42-30(36-28)19-43(40,41)18-21-6-8-24(32)9-7-21/h3-12,14,17,27,29,35,38H,2,13,15-16,18-19H2,1H3,(H,37,39). The van der Waals surface area contributed by atoms with Gasteiger partial charge in [-0.3, -0.25) is 4.79 Å². The summed E-state index contributed by atoms with van der Waals surface area (Å²) in [6.07, 6.45) is -0.330. The molecular weight excluding hydrogens is 599 g/mol. The number of sulfone groups is 1. The van der Waals surface area contributed by atoms with Gasteiger partial charge in [-0.15, -0.1) is 11.3 Å². The van der Waals surface area contributed by atoms with Crippen molar-refractivity contribution in [1.82, 2.24) is 15.6 Å². The van der Waals surface area contributed by atoms with Crippen LogP contribution in [-0.4, -0.2) is 43.1 Å². The van der Waals surface area contributed by atoms with Crippen LogP contribution in [0.3, 0.4) is 0 Å². The zero-order valence-electron chi connectivity index (χ0n) is 23.4. The van der Waals surface area contributed by atoms with Crippen molar-refractivity contribution in [3.8, 4) is 0 Å². The molecule has 0 aliphatic rings. The molecule has 0 aliphatic carbocycles.